The molecule has 0 fully saturated rings. The number of H-pyrrole nitrogens is 1. The van der Waals surface area contributed by atoms with E-state index in [4.69, 9.17) is 4.74 Å². The largest absolute Gasteiger partial charge is 0.481 e. The van der Waals surface area contributed by atoms with Gasteiger partial charge in [0.05, 0.1) is 24.7 Å². The quantitative estimate of drug-likeness (QED) is 0.755. The molecule has 5 heteroatoms. The summed E-state index contributed by atoms with van der Waals surface area (Å²) in [6.45, 7) is 3.52. The first-order valence-electron chi connectivity index (χ1n) is 6.89. The van der Waals surface area contributed by atoms with Crippen molar-refractivity contribution in [2.24, 2.45) is 0 Å². The molecule has 0 radical (unpaired) electrons. The minimum atomic E-state index is 0.631. The summed E-state index contributed by atoms with van der Waals surface area (Å²) < 4.78 is 5.04. The van der Waals surface area contributed by atoms with Crippen LogP contribution >= 0.6 is 0 Å². The molecule has 0 bridgehead atoms. The highest BCUT2D eigenvalue weighted by atomic mass is 16.5. The second-order valence-corrected chi connectivity index (χ2v) is 5.02. The van der Waals surface area contributed by atoms with E-state index in [0.717, 1.165) is 29.0 Å². The zero-order valence-corrected chi connectivity index (χ0v) is 12.2. The minimum absolute atomic E-state index is 0.631. The Morgan fingerprint density at radius 3 is 2.86 bits per heavy atom. The highest BCUT2D eigenvalue weighted by molar-refractivity contribution is 5.75. The monoisotopic (exact) mass is 282 g/mol. The van der Waals surface area contributed by atoms with E-state index in [1.807, 2.05) is 24.4 Å². The van der Waals surface area contributed by atoms with E-state index >= 15 is 0 Å². The Bertz CT molecular complexity index is 734. The van der Waals surface area contributed by atoms with E-state index < -0.39 is 0 Å². The average molecular weight is 282 g/mol. The van der Waals surface area contributed by atoms with Crippen LogP contribution in [0.25, 0.3) is 11.0 Å². The van der Waals surface area contributed by atoms with Gasteiger partial charge in [-0.05, 0) is 30.2 Å². The molecule has 0 amide bonds. The maximum absolute atomic E-state index is 5.04. The fourth-order valence-corrected chi connectivity index (χ4v) is 2.22. The average Bonchev–Trinajstić information content (AvgIpc) is 2.89. The third kappa shape index (κ3) is 3.20. The summed E-state index contributed by atoms with van der Waals surface area (Å²) in [6.07, 6.45) is 1.81. The topological polar surface area (TPSA) is 62.8 Å². The van der Waals surface area contributed by atoms with Gasteiger partial charge in [0, 0.05) is 18.8 Å². The number of methoxy groups -OCH3 is 1. The summed E-state index contributed by atoms with van der Waals surface area (Å²) in [5.41, 5.74) is 4.43. The molecular formula is C16H18N4O. The van der Waals surface area contributed by atoms with Crippen LogP contribution in [0.5, 0.6) is 5.88 Å². The van der Waals surface area contributed by atoms with Crippen molar-refractivity contribution in [3.63, 3.8) is 0 Å². The molecule has 108 valence electrons. The smallest absolute Gasteiger partial charge is 0.212 e. The van der Waals surface area contributed by atoms with Gasteiger partial charge < -0.3 is 15.0 Å². The molecule has 0 unspecified atom stereocenters. The van der Waals surface area contributed by atoms with Crippen LogP contribution in [0.1, 0.15) is 17.0 Å². The van der Waals surface area contributed by atoms with Gasteiger partial charge in [-0.1, -0.05) is 12.1 Å². The first-order chi connectivity index (χ1) is 10.2. The van der Waals surface area contributed by atoms with Crippen molar-refractivity contribution in [1.29, 1.82) is 0 Å². The van der Waals surface area contributed by atoms with E-state index in [1.54, 1.807) is 7.11 Å². The molecule has 5 nitrogen and oxygen atoms in total. The maximum Gasteiger partial charge on any atom is 0.212 e. The second kappa shape index (κ2) is 5.93. The molecule has 3 aromatic rings. The summed E-state index contributed by atoms with van der Waals surface area (Å²) in [5.74, 6) is 1.57. The van der Waals surface area contributed by atoms with Crippen LogP contribution in [-0.2, 0) is 13.1 Å². The Kier molecular flexibility index (Phi) is 3.83. The maximum atomic E-state index is 5.04. The highest BCUT2D eigenvalue weighted by Gasteiger charge is 2.03. The number of ether oxygens (including phenoxy) is 1. The van der Waals surface area contributed by atoms with Crippen molar-refractivity contribution in [1.82, 2.24) is 20.3 Å². The lowest BCUT2D eigenvalue weighted by atomic mass is 10.2. The first kappa shape index (κ1) is 13.6. The highest BCUT2D eigenvalue weighted by Crippen LogP contribution is 2.13. The standard InChI is InChI=1S/C16H18N4O/c1-11-3-5-13-14(7-11)20-15(19-13)10-17-8-12-4-6-16(21-2)18-9-12/h3-7,9,17H,8,10H2,1-2H3,(H,19,20). The van der Waals surface area contributed by atoms with Crippen molar-refractivity contribution in [3.8, 4) is 5.88 Å². The number of benzene rings is 1. The number of aromatic amines is 1. The van der Waals surface area contributed by atoms with E-state index in [0.29, 0.717) is 12.4 Å². The third-order valence-electron chi connectivity index (χ3n) is 3.31. The minimum Gasteiger partial charge on any atom is -0.481 e. The second-order valence-electron chi connectivity index (χ2n) is 5.02. The number of hydrogen-bond acceptors (Lipinski definition) is 4. The zero-order valence-electron chi connectivity index (χ0n) is 12.2. The lowest BCUT2D eigenvalue weighted by Crippen LogP contribution is -2.13. The number of aryl methyl sites for hydroxylation is 1. The van der Waals surface area contributed by atoms with Crippen molar-refractivity contribution in [3.05, 3.63) is 53.5 Å². The Hall–Kier alpha value is -2.40. The van der Waals surface area contributed by atoms with Crippen LogP contribution in [0.15, 0.2) is 36.5 Å². The number of rotatable bonds is 5. The number of hydrogen-bond donors (Lipinski definition) is 2. The molecule has 0 aliphatic carbocycles. The van der Waals surface area contributed by atoms with E-state index in [1.165, 1.54) is 5.56 Å². The van der Waals surface area contributed by atoms with E-state index in [9.17, 15) is 0 Å². The number of nitrogens with zero attached hydrogens (tertiary/aromatic N) is 2. The Balaban J connectivity index is 1.60. The Morgan fingerprint density at radius 1 is 1.19 bits per heavy atom. The Labute approximate surface area is 123 Å². The van der Waals surface area contributed by atoms with Gasteiger partial charge >= 0.3 is 0 Å². The van der Waals surface area contributed by atoms with Crippen LogP contribution < -0.4 is 10.1 Å². The molecule has 0 spiro atoms. The molecule has 2 heterocycles. The number of aromatic nitrogens is 3. The summed E-state index contributed by atoms with van der Waals surface area (Å²) in [7, 11) is 1.61. The van der Waals surface area contributed by atoms with Gasteiger partial charge in [-0.25, -0.2) is 9.97 Å². The predicted molar refractivity (Wildman–Crippen MR) is 82.2 cm³/mol. The number of nitrogens with one attached hydrogen (secondary N) is 2. The van der Waals surface area contributed by atoms with Crippen LogP contribution in [0.4, 0.5) is 0 Å². The van der Waals surface area contributed by atoms with Crippen LogP contribution in [0.2, 0.25) is 0 Å². The normalized spacial score (nSPS) is 11.0. The number of imidazole rings is 1. The van der Waals surface area contributed by atoms with Crippen LogP contribution in [-0.4, -0.2) is 22.1 Å². The number of pyridine rings is 1. The van der Waals surface area contributed by atoms with Gasteiger partial charge in [0.1, 0.15) is 5.82 Å². The predicted octanol–water partition coefficient (Wildman–Crippen LogP) is 2.56. The molecule has 3 rings (SSSR count). The Morgan fingerprint density at radius 2 is 2.10 bits per heavy atom. The van der Waals surface area contributed by atoms with Crippen molar-refractivity contribution in [2.75, 3.05) is 7.11 Å². The van der Waals surface area contributed by atoms with Gasteiger partial charge in [-0.3, -0.25) is 0 Å². The summed E-state index contributed by atoms with van der Waals surface area (Å²) >= 11 is 0. The van der Waals surface area contributed by atoms with Crippen molar-refractivity contribution < 1.29 is 4.74 Å². The van der Waals surface area contributed by atoms with Gasteiger partial charge in [-0.2, -0.15) is 0 Å². The molecule has 0 saturated heterocycles. The summed E-state index contributed by atoms with van der Waals surface area (Å²) in [6, 6.07) is 10.1. The first-order valence-corrected chi connectivity index (χ1v) is 6.89. The molecule has 1 aromatic carbocycles. The van der Waals surface area contributed by atoms with Gasteiger partial charge in [-0.15, -0.1) is 0 Å². The van der Waals surface area contributed by atoms with Gasteiger partial charge in [0.2, 0.25) is 5.88 Å². The van der Waals surface area contributed by atoms with Gasteiger partial charge in [0.25, 0.3) is 0 Å². The molecular weight excluding hydrogens is 264 g/mol. The molecule has 0 saturated carbocycles. The van der Waals surface area contributed by atoms with E-state index in [-0.39, 0.29) is 0 Å². The van der Waals surface area contributed by atoms with Gasteiger partial charge in [0.15, 0.2) is 0 Å². The molecule has 0 aliphatic rings. The number of fused-ring (bicyclic) bond motifs is 1. The molecule has 0 atom stereocenters. The molecule has 21 heavy (non-hydrogen) atoms. The summed E-state index contributed by atoms with van der Waals surface area (Å²) in [5, 5.41) is 3.36. The SMILES string of the molecule is COc1ccc(CNCc2nc3ccc(C)cc3[nH]2)cn1. The molecule has 0 aliphatic heterocycles. The fourth-order valence-electron chi connectivity index (χ4n) is 2.22. The summed E-state index contributed by atoms with van der Waals surface area (Å²) in [4.78, 5) is 12.1. The van der Waals surface area contributed by atoms with E-state index in [2.05, 4.69) is 39.3 Å². The third-order valence-corrected chi connectivity index (χ3v) is 3.31. The lowest BCUT2D eigenvalue weighted by Gasteiger charge is -2.03. The lowest BCUT2D eigenvalue weighted by molar-refractivity contribution is 0.397. The van der Waals surface area contributed by atoms with Crippen molar-refractivity contribution in [2.45, 2.75) is 20.0 Å². The van der Waals surface area contributed by atoms with Crippen LogP contribution in [0, 0.1) is 6.92 Å². The van der Waals surface area contributed by atoms with Crippen LogP contribution in [0.3, 0.4) is 0 Å². The zero-order chi connectivity index (χ0) is 14.7. The fraction of sp³-hybridized carbons (Fsp3) is 0.250. The van der Waals surface area contributed by atoms with Crippen molar-refractivity contribution >= 4 is 11.0 Å². The molecule has 2 N–H and O–H groups in total. The molecule has 2 aromatic heterocycles.